The summed E-state index contributed by atoms with van der Waals surface area (Å²) in [6.07, 6.45) is 1.57. The van der Waals surface area contributed by atoms with Gasteiger partial charge >= 0.3 is 0 Å². The van der Waals surface area contributed by atoms with Crippen molar-refractivity contribution >= 4 is 21.6 Å². The Hall–Kier alpha value is -2.61. The molecule has 0 saturated heterocycles. The minimum Gasteiger partial charge on any atom is -0.476 e. The number of aryl methyl sites for hydroxylation is 2. The number of sulfonamides is 1. The molecule has 0 fully saturated rings. The van der Waals surface area contributed by atoms with Gasteiger partial charge in [-0.25, -0.2) is 12.8 Å². The molecule has 1 aliphatic heterocycles. The van der Waals surface area contributed by atoms with Gasteiger partial charge in [-0.3, -0.25) is 9.10 Å². The first-order valence-electron chi connectivity index (χ1n) is 9.01. The van der Waals surface area contributed by atoms with Gasteiger partial charge in [-0.15, -0.1) is 0 Å². The van der Waals surface area contributed by atoms with Gasteiger partial charge in [0.25, 0.3) is 5.91 Å². The fourth-order valence-electron chi connectivity index (χ4n) is 3.08. The van der Waals surface area contributed by atoms with Crippen molar-refractivity contribution in [3.05, 3.63) is 59.4 Å². The summed E-state index contributed by atoms with van der Waals surface area (Å²) in [6, 6.07) is 11.5. The summed E-state index contributed by atoms with van der Waals surface area (Å²) in [4.78, 5) is 12.5. The fourth-order valence-corrected chi connectivity index (χ4v) is 3.99. The normalized spacial score (nSPS) is 16.2. The van der Waals surface area contributed by atoms with Crippen molar-refractivity contribution in [3.8, 4) is 5.75 Å². The largest absolute Gasteiger partial charge is 0.476 e. The number of ether oxygens (including phenoxy) is 1. The smallest absolute Gasteiger partial charge is 0.263 e. The second-order valence-electron chi connectivity index (χ2n) is 6.89. The van der Waals surface area contributed by atoms with E-state index in [1.54, 1.807) is 24.3 Å². The molecule has 0 unspecified atom stereocenters. The Balaban J connectivity index is 1.61. The van der Waals surface area contributed by atoms with E-state index in [1.807, 2.05) is 13.0 Å². The predicted molar refractivity (Wildman–Crippen MR) is 106 cm³/mol. The third kappa shape index (κ3) is 4.81. The molecule has 6 nitrogen and oxygen atoms in total. The minimum absolute atomic E-state index is 0.0704. The maximum absolute atomic E-state index is 12.9. The van der Waals surface area contributed by atoms with Crippen molar-refractivity contribution in [3.63, 3.8) is 0 Å². The van der Waals surface area contributed by atoms with Crippen LogP contribution in [0.3, 0.4) is 0 Å². The fraction of sp³-hybridized carbons (Fsp3) is 0.350. The van der Waals surface area contributed by atoms with Crippen LogP contribution in [0.25, 0.3) is 0 Å². The van der Waals surface area contributed by atoms with Gasteiger partial charge < -0.3 is 10.1 Å². The lowest BCUT2D eigenvalue weighted by molar-refractivity contribution is -0.127. The van der Waals surface area contributed by atoms with Crippen LogP contribution in [-0.2, 0) is 21.2 Å². The summed E-state index contributed by atoms with van der Waals surface area (Å²) in [5.41, 5.74) is 2.33. The van der Waals surface area contributed by atoms with E-state index in [2.05, 4.69) is 5.32 Å². The lowest BCUT2D eigenvalue weighted by Crippen LogP contribution is -2.50. The molecule has 0 saturated carbocycles. The highest BCUT2D eigenvalue weighted by molar-refractivity contribution is 7.92. The molecule has 1 aliphatic rings. The third-order valence-corrected chi connectivity index (χ3v) is 5.68. The van der Waals surface area contributed by atoms with Crippen LogP contribution in [-0.4, -0.2) is 39.8 Å². The molecule has 3 rings (SSSR count). The Labute approximate surface area is 164 Å². The second-order valence-corrected chi connectivity index (χ2v) is 8.80. The van der Waals surface area contributed by atoms with Crippen LogP contribution in [0.2, 0.25) is 0 Å². The quantitative estimate of drug-likeness (QED) is 0.748. The lowest BCUT2D eigenvalue weighted by atomic mass is 10.1. The van der Waals surface area contributed by atoms with E-state index in [9.17, 15) is 17.6 Å². The third-order valence-electron chi connectivity index (χ3n) is 4.53. The standard InChI is InChI=1S/C20H23FN2O4S/c1-14-5-10-18-17(12-14)23(28(2,25)26)13-19(27-18)20(24)22-11-3-4-15-6-8-16(21)9-7-15/h5-10,12,19H,3-4,11,13H2,1-2H3,(H,22,24)/t19-/m1/s1. The van der Waals surface area contributed by atoms with E-state index in [4.69, 9.17) is 4.74 Å². The highest BCUT2D eigenvalue weighted by atomic mass is 32.2. The monoisotopic (exact) mass is 406 g/mol. The molecule has 1 atom stereocenters. The van der Waals surface area contributed by atoms with Crippen molar-refractivity contribution in [2.45, 2.75) is 25.9 Å². The molecule has 0 spiro atoms. The molecule has 150 valence electrons. The molecule has 0 radical (unpaired) electrons. The number of nitrogens with one attached hydrogen (secondary N) is 1. The Bertz CT molecular complexity index is 961. The average molecular weight is 406 g/mol. The molecule has 0 aliphatic carbocycles. The number of anilines is 1. The summed E-state index contributed by atoms with van der Waals surface area (Å²) in [7, 11) is -3.54. The Morgan fingerprint density at radius 3 is 2.64 bits per heavy atom. The van der Waals surface area contributed by atoms with Crippen LogP contribution >= 0.6 is 0 Å². The van der Waals surface area contributed by atoms with E-state index in [-0.39, 0.29) is 18.3 Å². The molecular weight excluding hydrogens is 383 g/mol. The van der Waals surface area contributed by atoms with E-state index >= 15 is 0 Å². The molecule has 0 aromatic heterocycles. The molecule has 1 heterocycles. The van der Waals surface area contributed by atoms with Gasteiger partial charge in [-0.05, 0) is 55.2 Å². The van der Waals surface area contributed by atoms with Crippen LogP contribution in [0, 0.1) is 12.7 Å². The van der Waals surface area contributed by atoms with Crippen LogP contribution in [0.1, 0.15) is 17.5 Å². The average Bonchev–Trinajstić information content (AvgIpc) is 2.64. The van der Waals surface area contributed by atoms with Gasteiger partial charge in [-0.1, -0.05) is 18.2 Å². The number of amides is 1. The zero-order chi connectivity index (χ0) is 20.3. The zero-order valence-electron chi connectivity index (χ0n) is 15.8. The summed E-state index contributed by atoms with van der Waals surface area (Å²) in [5, 5.41) is 2.79. The summed E-state index contributed by atoms with van der Waals surface area (Å²) >= 11 is 0. The number of hydrogen-bond acceptors (Lipinski definition) is 4. The number of rotatable bonds is 6. The maximum Gasteiger partial charge on any atom is 0.263 e. The number of carbonyl (C=O) groups excluding carboxylic acids is 1. The first kappa shape index (κ1) is 20.1. The van der Waals surface area contributed by atoms with Crippen LogP contribution in [0.5, 0.6) is 5.75 Å². The van der Waals surface area contributed by atoms with Gasteiger partial charge in [0.15, 0.2) is 6.10 Å². The Morgan fingerprint density at radius 2 is 1.96 bits per heavy atom. The van der Waals surface area contributed by atoms with E-state index < -0.39 is 16.1 Å². The van der Waals surface area contributed by atoms with E-state index in [1.165, 1.54) is 16.4 Å². The summed E-state index contributed by atoms with van der Waals surface area (Å²) in [5.74, 6) is -0.273. The predicted octanol–water partition coefficient (Wildman–Crippen LogP) is 2.41. The molecule has 2 aromatic rings. The van der Waals surface area contributed by atoms with Gasteiger partial charge in [0.1, 0.15) is 11.6 Å². The van der Waals surface area contributed by atoms with Crippen LogP contribution in [0.4, 0.5) is 10.1 Å². The molecule has 28 heavy (non-hydrogen) atoms. The van der Waals surface area contributed by atoms with Crippen molar-refractivity contribution in [1.29, 1.82) is 0 Å². The van der Waals surface area contributed by atoms with Gasteiger partial charge in [0, 0.05) is 6.54 Å². The molecular formula is C20H23FN2O4S. The summed E-state index contributed by atoms with van der Waals surface area (Å²) < 4.78 is 44.2. The molecule has 1 amide bonds. The maximum atomic E-state index is 12.9. The number of fused-ring (bicyclic) bond motifs is 1. The lowest BCUT2D eigenvalue weighted by Gasteiger charge is -2.34. The first-order chi connectivity index (χ1) is 13.2. The highest BCUT2D eigenvalue weighted by Gasteiger charge is 2.34. The Kier molecular flexibility index (Phi) is 5.88. The zero-order valence-corrected chi connectivity index (χ0v) is 16.6. The number of halogens is 1. The topological polar surface area (TPSA) is 75.7 Å². The van der Waals surface area contributed by atoms with Crippen LogP contribution < -0.4 is 14.4 Å². The van der Waals surface area contributed by atoms with E-state index in [0.29, 0.717) is 30.8 Å². The molecule has 1 N–H and O–H groups in total. The SMILES string of the molecule is Cc1ccc2c(c1)N(S(C)(=O)=O)C[C@H](C(=O)NCCCc1ccc(F)cc1)O2. The molecule has 2 aromatic carbocycles. The number of hydrogen-bond donors (Lipinski definition) is 1. The van der Waals surface area contributed by atoms with Crippen LogP contribution in [0.15, 0.2) is 42.5 Å². The second kappa shape index (κ2) is 8.18. The molecule has 0 bridgehead atoms. The summed E-state index contributed by atoms with van der Waals surface area (Å²) in [6.45, 7) is 2.20. The number of carbonyl (C=O) groups is 1. The minimum atomic E-state index is -3.54. The van der Waals surface area contributed by atoms with Gasteiger partial charge in [-0.2, -0.15) is 0 Å². The first-order valence-corrected chi connectivity index (χ1v) is 10.9. The Morgan fingerprint density at radius 1 is 1.25 bits per heavy atom. The highest BCUT2D eigenvalue weighted by Crippen LogP contribution is 2.35. The van der Waals surface area contributed by atoms with Gasteiger partial charge in [0.2, 0.25) is 10.0 Å². The van der Waals surface area contributed by atoms with Crippen molar-refractivity contribution in [2.24, 2.45) is 0 Å². The van der Waals surface area contributed by atoms with E-state index in [0.717, 1.165) is 17.4 Å². The molecule has 8 heteroatoms. The van der Waals surface area contributed by atoms with Crippen molar-refractivity contribution in [1.82, 2.24) is 5.32 Å². The number of benzene rings is 2. The number of nitrogens with zero attached hydrogens (tertiary/aromatic N) is 1. The van der Waals surface area contributed by atoms with Crippen molar-refractivity contribution < 1.29 is 22.3 Å². The van der Waals surface area contributed by atoms with Gasteiger partial charge in [0.05, 0.1) is 18.5 Å². The van der Waals surface area contributed by atoms with Crippen molar-refractivity contribution in [2.75, 3.05) is 23.7 Å².